The molecule has 110 valence electrons. The average molecular weight is 276 g/mol. The van der Waals surface area contributed by atoms with Gasteiger partial charge in [-0.1, -0.05) is 18.2 Å². The zero-order valence-electron chi connectivity index (χ0n) is 12.6. The Morgan fingerprint density at radius 1 is 1.20 bits per heavy atom. The predicted molar refractivity (Wildman–Crippen MR) is 79.9 cm³/mol. The fourth-order valence-corrected chi connectivity index (χ4v) is 2.92. The van der Waals surface area contributed by atoms with Crippen molar-refractivity contribution in [2.45, 2.75) is 25.9 Å². The van der Waals surface area contributed by atoms with E-state index < -0.39 is 0 Å². The summed E-state index contributed by atoms with van der Waals surface area (Å²) in [6.07, 6.45) is 0. The van der Waals surface area contributed by atoms with E-state index in [4.69, 9.17) is 4.74 Å². The highest BCUT2D eigenvalue weighted by Gasteiger charge is 2.31. The van der Waals surface area contributed by atoms with Crippen LogP contribution in [0.5, 0.6) is 0 Å². The molecule has 1 aromatic rings. The van der Waals surface area contributed by atoms with Crippen molar-refractivity contribution < 1.29 is 9.53 Å². The molecule has 2 atom stereocenters. The number of methoxy groups -OCH3 is 1. The molecule has 20 heavy (non-hydrogen) atoms. The molecule has 0 aromatic heterocycles. The van der Waals surface area contributed by atoms with Crippen LogP contribution in [0.25, 0.3) is 0 Å². The van der Waals surface area contributed by atoms with E-state index in [2.05, 4.69) is 18.7 Å². The van der Waals surface area contributed by atoms with Gasteiger partial charge in [0, 0.05) is 44.4 Å². The second-order valence-electron chi connectivity index (χ2n) is 5.50. The molecule has 1 aliphatic heterocycles. The smallest absolute Gasteiger partial charge is 0.253 e. The molecule has 0 radical (unpaired) electrons. The van der Waals surface area contributed by atoms with Crippen LogP contribution in [-0.4, -0.2) is 61.1 Å². The zero-order valence-corrected chi connectivity index (χ0v) is 12.6. The van der Waals surface area contributed by atoms with Gasteiger partial charge in [0.25, 0.3) is 5.91 Å². The lowest BCUT2D eigenvalue weighted by molar-refractivity contribution is 0.0193. The number of rotatable bonds is 4. The summed E-state index contributed by atoms with van der Waals surface area (Å²) >= 11 is 0. The lowest BCUT2D eigenvalue weighted by Gasteiger charge is -2.44. The molecule has 2 unspecified atom stereocenters. The van der Waals surface area contributed by atoms with Crippen molar-refractivity contribution in [3.8, 4) is 0 Å². The van der Waals surface area contributed by atoms with Gasteiger partial charge in [-0.3, -0.25) is 9.69 Å². The van der Waals surface area contributed by atoms with Crippen molar-refractivity contribution in [1.82, 2.24) is 9.80 Å². The molecule has 1 amide bonds. The molecule has 4 heteroatoms. The van der Waals surface area contributed by atoms with Gasteiger partial charge >= 0.3 is 0 Å². The van der Waals surface area contributed by atoms with E-state index in [1.165, 1.54) is 0 Å². The maximum atomic E-state index is 12.5. The van der Waals surface area contributed by atoms with Gasteiger partial charge in [0.15, 0.2) is 0 Å². The Bertz CT molecular complexity index is 423. The monoisotopic (exact) mass is 276 g/mol. The van der Waals surface area contributed by atoms with Crippen LogP contribution in [0.2, 0.25) is 0 Å². The highest BCUT2D eigenvalue weighted by Crippen LogP contribution is 2.17. The minimum atomic E-state index is 0.135. The Labute approximate surface area is 121 Å². The van der Waals surface area contributed by atoms with Crippen molar-refractivity contribution in [2.75, 3.05) is 33.4 Å². The van der Waals surface area contributed by atoms with Gasteiger partial charge in [-0.05, 0) is 26.0 Å². The van der Waals surface area contributed by atoms with Crippen LogP contribution >= 0.6 is 0 Å². The Kier molecular flexibility index (Phi) is 5.15. The Hall–Kier alpha value is -1.39. The summed E-state index contributed by atoms with van der Waals surface area (Å²) in [6, 6.07) is 10.3. The van der Waals surface area contributed by atoms with Crippen LogP contribution < -0.4 is 0 Å². The third-order valence-electron chi connectivity index (χ3n) is 3.96. The summed E-state index contributed by atoms with van der Waals surface area (Å²) in [4.78, 5) is 16.9. The molecule has 0 saturated carbocycles. The molecule has 1 saturated heterocycles. The maximum Gasteiger partial charge on any atom is 0.253 e. The quantitative estimate of drug-likeness (QED) is 0.841. The molecule has 1 aliphatic rings. The van der Waals surface area contributed by atoms with Crippen LogP contribution in [-0.2, 0) is 4.74 Å². The molecule has 2 rings (SSSR count). The average Bonchev–Trinajstić information content (AvgIpc) is 2.46. The Balaban J connectivity index is 2.01. The molecular weight excluding hydrogens is 252 g/mol. The first-order valence-electron chi connectivity index (χ1n) is 7.22. The van der Waals surface area contributed by atoms with E-state index in [9.17, 15) is 4.79 Å². The number of hydrogen-bond donors (Lipinski definition) is 0. The molecule has 4 nitrogen and oxygen atoms in total. The van der Waals surface area contributed by atoms with Gasteiger partial charge in [-0.2, -0.15) is 0 Å². The number of carbonyl (C=O) groups is 1. The molecule has 0 bridgehead atoms. The zero-order chi connectivity index (χ0) is 14.5. The van der Waals surface area contributed by atoms with Crippen LogP contribution in [0.15, 0.2) is 30.3 Å². The fraction of sp³-hybridized carbons (Fsp3) is 0.562. The lowest BCUT2D eigenvalue weighted by atomic mass is 10.1. The number of nitrogens with zero attached hydrogens (tertiary/aromatic N) is 2. The maximum absolute atomic E-state index is 12.5. The van der Waals surface area contributed by atoms with Crippen molar-refractivity contribution in [1.29, 1.82) is 0 Å². The molecule has 0 aliphatic carbocycles. The first-order valence-corrected chi connectivity index (χ1v) is 7.22. The summed E-state index contributed by atoms with van der Waals surface area (Å²) in [5, 5.41) is 0. The number of amides is 1. The SMILES string of the molecule is COCCN1C(C)CN(C(=O)c2ccccc2)CC1C. The van der Waals surface area contributed by atoms with E-state index in [1.54, 1.807) is 7.11 Å². The first-order chi connectivity index (χ1) is 9.63. The standard InChI is InChI=1S/C16H24N2O2/c1-13-11-17(12-14(2)18(13)9-10-20-3)16(19)15-7-5-4-6-8-15/h4-8,13-14H,9-12H2,1-3H3. The van der Waals surface area contributed by atoms with Gasteiger partial charge in [0.1, 0.15) is 0 Å². The van der Waals surface area contributed by atoms with Crippen molar-refractivity contribution >= 4 is 5.91 Å². The molecule has 1 heterocycles. The topological polar surface area (TPSA) is 32.8 Å². The van der Waals surface area contributed by atoms with Crippen LogP contribution in [0.1, 0.15) is 24.2 Å². The first kappa shape index (κ1) is 15.0. The van der Waals surface area contributed by atoms with Crippen molar-refractivity contribution in [2.24, 2.45) is 0 Å². The number of ether oxygens (including phenoxy) is 1. The van der Waals surface area contributed by atoms with Crippen molar-refractivity contribution in [3.05, 3.63) is 35.9 Å². The second kappa shape index (κ2) is 6.86. The van der Waals surface area contributed by atoms with Crippen LogP contribution in [0.3, 0.4) is 0 Å². The minimum absolute atomic E-state index is 0.135. The summed E-state index contributed by atoms with van der Waals surface area (Å²) < 4.78 is 5.16. The van der Waals surface area contributed by atoms with E-state index in [-0.39, 0.29) is 5.91 Å². The number of benzene rings is 1. The third-order valence-corrected chi connectivity index (χ3v) is 3.96. The number of piperazine rings is 1. The fourth-order valence-electron chi connectivity index (χ4n) is 2.92. The Morgan fingerprint density at radius 3 is 2.35 bits per heavy atom. The molecule has 1 fully saturated rings. The van der Waals surface area contributed by atoms with Gasteiger partial charge in [0.05, 0.1) is 6.61 Å². The highest BCUT2D eigenvalue weighted by molar-refractivity contribution is 5.94. The van der Waals surface area contributed by atoms with E-state index in [0.717, 1.165) is 31.8 Å². The normalized spacial score (nSPS) is 23.9. The van der Waals surface area contributed by atoms with E-state index in [0.29, 0.717) is 12.1 Å². The second-order valence-corrected chi connectivity index (χ2v) is 5.50. The number of carbonyl (C=O) groups excluding carboxylic acids is 1. The van der Waals surface area contributed by atoms with Gasteiger partial charge in [-0.15, -0.1) is 0 Å². The van der Waals surface area contributed by atoms with Gasteiger partial charge in [-0.25, -0.2) is 0 Å². The van der Waals surface area contributed by atoms with Gasteiger partial charge < -0.3 is 9.64 Å². The molecule has 1 aromatic carbocycles. The lowest BCUT2D eigenvalue weighted by Crippen LogP contribution is -2.58. The minimum Gasteiger partial charge on any atom is -0.383 e. The van der Waals surface area contributed by atoms with E-state index in [1.807, 2.05) is 35.2 Å². The summed E-state index contributed by atoms with van der Waals surface area (Å²) in [7, 11) is 1.73. The number of hydrogen-bond acceptors (Lipinski definition) is 3. The molecule has 0 spiro atoms. The third kappa shape index (κ3) is 3.38. The van der Waals surface area contributed by atoms with Crippen LogP contribution in [0, 0.1) is 0 Å². The van der Waals surface area contributed by atoms with Crippen molar-refractivity contribution in [3.63, 3.8) is 0 Å². The summed E-state index contributed by atoms with van der Waals surface area (Å²) in [5.74, 6) is 0.135. The summed E-state index contributed by atoms with van der Waals surface area (Å²) in [5.41, 5.74) is 0.775. The predicted octanol–water partition coefficient (Wildman–Crippen LogP) is 1.87. The van der Waals surface area contributed by atoms with E-state index >= 15 is 0 Å². The Morgan fingerprint density at radius 2 is 1.80 bits per heavy atom. The molecular formula is C16H24N2O2. The molecule has 0 N–H and O–H groups in total. The van der Waals surface area contributed by atoms with Crippen LogP contribution in [0.4, 0.5) is 0 Å². The highest BCUT2D eigenvalue weighted by atomic mass is 16.5. The largest absolute Gasteiger partial charge is 0.383 e. The summed E-state index contributed by atoms with van der Waals surface area (Å²) in [6.45, 7) is 7.57. The van der Waals surface area contributed by atoms with Gasteiger partial charge in [0.2, 0.25) is 0 Å².